The smallest absolute Gasteiger partial charge is 0.251 e. The molecule has 1 heterocycles. The lowest BCUT2D eigenvalue weighted by Crippen LogP contribution is -2.45. The third-order valence-electron chi connectivity index (χ3n) is 4.86. The summed E-state index contributed by atoms with van der Waals surface area (Å²) in [6, 6.07) is 20.5. The van der Waals surface area contributed by atoms with Crippen molar-refractivity contribution in [2.75, 3.05) is 19.6 Å². The molecule has 126 valence electrons. The first kappa shape index (κ1) is 16.7. The lowest BCUT2D eigenvalue weighted by Gasteiger charge is -2.34. The minimum Gasteiger partial charge on any atom is -0.349 e. The summed E-state index contributed by atoms with van der Waals surface area (Å²) < 4.78 is 0. The molecule has 0 saturated carbocycles. The van der Waals surface area contributed by atoms with Crippen LogP contribution in [0.3, 0.4) is 0 Å². The summed E-state index contributed by atoms with van der Waals surface area (Å²) in [5.41, 5.74) is 2.15. The van der Waals surface area contributed by atoms with E-state index in [0.29, 0.717) is 12.0 Å². The Labute approximate surface area is 144 Å². The Morgan fingerprint density at radius 2 is 1.62 bits per heavy atom. The van der Waals surface area contributed by atoms with Crippen LogP contribution in [-0.2, 0) is 0 Å². The van der Waals surface area contributed by atoms with Gasteiger partial charge in [0.1, 0.15) is 0 Å². The second-order valence-electron chi connectivity index (χ2n) is 6.73. The van der Waals surface area contributed by atoms with Crippen molar-refractivity contribution in [3.05, 3.63) is 71.8 Å². The second-order valence-corrected chi connectivity index (χ2v) is 6.73. The lowest BCUT2D eigenvalue weighted by molar-refractivity contribution is 0.0909. The van der Waals surface area contributed by atoms with Gasteiger partial charge in [-0.15, -0.1) is 0 Å². The standard InChI is InChI=1S/C21H26N2O/c1-17(18-8-4-2-5-9-18)16-23-14-12-20(13-15-23)22-21(24)19-10-6-3-7-11-19/h2-11,17,20H,12-16H2,1H3,(H,22,24). The molecule has 24 heavy (non-hydrogen) atoms. The zero-order valence-corrected chi connectivity index (χ0v) is 14.3. The molecule has 0 aliphatic carbocycles. The molecule has 1 saturated heterocycles. The summed E-state index contributed by atoms with van der Waals surface area (Å²) in [5.74, 6) is 0.591. The van der Waals surface area contributed by atoms with Gasteiger partial charge in [-0.1, -0.05) is 55.5 Å². The molecule has 2 aromatic rings. The fourth-order valence-corrected chi connectivity index (χ4v) is 3.39. The third kappa shape index (κ3) is 4.45. The number of hydrogen-bond donors (Lipinski definition) is 1. The molecule has 0 bridgehead atoms. The zero-order chi connectivity index (χ0) is 16.8. The van der Waals surface area contributed by atoms with E-state index in [9.17, 15) is 4.79 Å². The van der Waals surface area contributed by atoms with Crippen molar-refractivity contribution >= 4 is 5.91 Å². The quantitative estimate of drug-likeness (QED) is 0.910. The van der Waals surface area contributed by atoms with Gasteiger partial charge in [-0.25, -0.2) is 0 Å². The van der Waals surface area contributed by atoms with E-state index in [4.69, 9.17) is 0 Å². The van der Waals surface area contributed by atoms with Gasteiger partial charge in [0.25, 0.3) is 5.91 Å². The average Bonchev–Trinajstić information content (AvgIpc) is 2.65. The SMILES string of the molecule is CC(CN1CCC(NC(=O)c2ccccc2)CC1)c1ccccc1. The normalized spacial score (nSPS) is 17.4. The molecule has 3 nitrogen and oxygen atoms in total. The average molecular weight is 322 g/mol. The maximum atomic E-state index is 12.2. The molecular weight excluding hydrogens is 296 g/mol. The molecule has 0 aromatic heterocycles. The van der Waals surface area contributed by atoms with Gasteiger partial charge in [0.2, 0.25) is 0 Å². The number of hydrogen-bond acceptors (Lipinski definition) is 2. The molecular formula is C21H26N2O. The van der Waals surface area contributed by atoms with Gasteiger partial charge in [0.15, 0.2) is 0 Å². The minimum atomic E-state index is 0.0479. The van der Waals surface area contributed by atoms with Crippen LogP contribution in [0.2, 0.25) is 0 Å². The number of nitrogens with one attached hydrogen (secondary N) is 1. The summed E-state index contributed by atoms with van der Waals surface area (Å²) in [4.78, 5) is 14.7. The molecule has 1 aliphatic heterocycles. The summed E-state index contributed by atoms with van der Waals surface area (Å²) in [6.45, 7) is 5.48. The van der Waals surface area contributed by atoms with Gasteiger partial charge < -0.3 is 10.2 Å². The molecule has 2 aromatic carbocycles. The van der Waals surface area contributed by atoms with Gasteiger partial charge in [-0.05, 0) is 36.5 Å². The lowest BCUT2D eigenvalue weighted by atomic mass is 9.98. The van der Waals surface area contributed by atoms with Gasteiger partial charge >= 0.3 is 0 Å². The first-order valence-electron chi connectivity index (χ1n) is 8.85. The number of carbonyl (C=O) groups is 1. The van der Waals surface area contributed by atoms with Gasteiger partial charge in [-0.3, -0.25) is 4.79 Å². The van der Waals surface area contributed by atoms with Crippen LogP contribution in [0.15, 0.2) is 60.7 Å². The highest BCUT2D eigenvalue weighted by atomic mass is 16.1. The van der Waals surface area contributed by atoms with E-state index < -0.39 is 0 Å². The van der Waals surface area contributed by atoms with Crippen LogP contribution in [0.25, 0.3) is 0 Å². The zero-order valence-electron chi connectivity index (χ0n) is 14.3. The van der Waals surface area contributed by atoms with E-state index >= 15 is 0 Å². The maximum Gasteiger partial charge on any atom is 0.251 e. The number of piperidine rings is 1. The number of nitrogens with zero attached hydrogens (tertiary/aromatic N) is 1. The predicted octanol–water partition coefficient (Wildman–Crippen LogP) is 3.68. The largest absolute Gasteiger partial charge is 0.349 e. The van der Waals surface area contributed by atoms with Crippen molar-refractivity contribution in [3.63, 3.8) is 0 Å². The van der Waals surface area contributed by atoms with Crippen LogP contribution in [0.4, 0.5) is 0 Å². The topological polar surface area (TPSA) is 32.3 Å². The van der Waals surface area contributed by atoms with E-state index in [2.05, 4.69) is 47.5 Å². The molecule has 3 heteroatoms. The first-order valence-corrected chi connectivity index (χ1v) is 8.85. The van der Waals surface area contributed by atoms with Crippen molar-refractivity contribution in [2.24, 2.45) is 0 Å². The Morgan fingerprint density at radius 3 is 2.25 bits per heavy atom. The number of carbonyl (C=O) groups excluding carboxylic acids is 1. The molecule has 1 aliphatic rings. The van der Waals surface area contributed by atoms with Crippen LogP contribution in [-0.4, -0.2) is 36.5 Å². The Hall–Kier alpha value is -2.13. The van der Waals surface area contributed by atoms with Crippen LogP contribution in [0.5, 0.6) is 0 Å². The number of benzene rings is 2. The van der Waals surface area contributed by atoms with Crippen molar-refractivity contribution in [2.45, 2.75) is 31.7 Å². The van der Waals surface area contributed by atoms with Crippen molar-refractivity contribution in [1.29, 1.82) is 0 Å². The Balaban J connectivity index is 1.45. The number of likely N-dealkylation sites (tertiary alicyclic amines) is 1. The molecule has 1 amide bonds. The predicted molar refractivity (Wildman–Crippen MR) is 98.2 cm³/mol. The number of rotatable bonds is 5. The molecule has 0 radical (unpaired) electrons. The summed E-state index contributed by atoms with van der Waals surface area (Å²) in [7, 11) is 0. The fourth-order valence-electron chi connectivity index (χ4n) is 3.39. The molecule has 1 N–H and O–H groups in total. The fraction of sp³-hybridized carbons (Fsp3) is 0.381. The molecule has 3 rings (SSSR count). The third-order valence-corrected chi connectivity index (χ3v) is 4.86. The summed E-state index contributed by atoms with van der Waals surface area (Å²) in [5, 5.41) is 3.18. The maximum absolute atomic E-state index is 12.2. The Morgan fingerprint density at radius 1 is 1.04 bits per heavy atom. The first-order chi connectivity index (χ1) is 11.7. The van der Waals surface area contributed by atoms with Crippen LogP contribution < -0.4 is 5.32 Å². The van der Waals surface area contributed by atoms with Gasteiger partial charge in [-0.2, -0.15) is 0 Å². The van der Waals surface area contributed by atoms with Crippen LogP contribution in [0.1, 0.15) is 41.6 Å². The summed E-state index contributed by atoms with van der Waals surface area (Å²) >= 11 is 0. The summed E-state index contributed by atoms with van der Waals surface area (Å²) in [6.07, 6.45) is 2.06. The van der Waals surface area contributed by atoms with E-state index in [0.717, 1.165) is 38.0 Å². The molecule has 1 atom stereocenters. The van der Waals surface area contributed by atoms with E-state index in [-0.39, 0.29) is 5.91 Å². The van der Waals surface area contributed by atoms with E-state index in [1.165, 1.54) is 5.56 Å². The molecule has 1 fully saturated rings. The van der Waals surface area contributed by atoms with Gasteiger partial charge in [0.05, 0.1) is 0 Å². The van der Waals surface area contributed by atoms with E-state index in [1.54, 1.807) is 0 Å². The second kappa shape index (κ2) is 8.11. The van der Waals surface area contributed by atoms with Crippen molar-refractivity contribution < 1.29 is 4.79 Å². The highest BCUT2D eigenvalue weighted by molar-refractivity contribution is 5.94. The highest BCUT2D eigenvalue weighted by Gasteiger charge is 2.22. The highest BCUT2D eigenvalue weighted by Crippen LogP contribution is 2.19. The monoisotopic (exact) mass is 322 g/mol. The van der Waals surface area contributed by atoms with Crippen molar-refractivity contribution in [1.82, 2.24) is 10.2 Å². The molecule has 0 spiro atoms. The minimum absolute atomic E-state index is 0.0479. The van der Waals surface area contributed by atoms with Crippen molar-refractivity contribution in [3.8, 4) is 0 Å². The van der Waals surface area contributed by atoms with E-state index in [1.807, 2.05) is 30.3 Å². The number of amides is 1. The Kier molecular flexibility index (Phi) is 5.65. The van der Waals surface area contributed by atoms with Gasteiger partial charge in [0, 0.05) is 31.2 Å². The van der Waals surface area contributed by atoms with Crippen LogP contribution >= 0.6 is 0 Å². The Bertz CT molecular complexity index is 633. The van der Waals surface area contributed by atoms with Crippen LogP contribution in [0, 0.1) is 0 Å². The molecule has 1 unspecified atom stereocenters.